The number of carbonyl (C=O) groups excluding carboxylic acids is 1. The molecule has 0 unspecified atom stereocenters. The summed E-state index contributed by atoms with van der Waals surface area (Å²) in [4.78, 5) is 22.4. The fraction of sp³-hybridized carbons (Fsp3) is 0.0909. The smallest absolute Gasteiger partial charge is 0.452 e. The predicted molar refractivity (Wildman–Crippen MR) is 56.5 cm³/mol. The lowest BCUT2D eigenvalue weighted by atomic mass is 10.2. The second-order valence-electron chi connectivity index (χ2n) is 3.30. The van der Waals surface area contributed by atoms with E-state index in [2.05, 4.69) is 0 Å². The lowest BCUT2D eigenvalue weighted by Crippen LogP contribution is -2.23. The Morgan fingerprint density at radius 2 is 1.78 bits per heavy atom. The van der Waals surface area contributed by atoms with Crippen LogP contribution < -0.4 is 5.43 Å². The van der Waals surface area contributed by atoms with Crippen molar-refractivity contribution in [1.82, 2.24) is 0 Å². The summed E-state index contributed by atoms with van der Waals surface area (Å²) >= 11 is 0. The molecule has 7 heteroatoms. The molecule has 18 heavy (non-hydrogen) atoms. The van der Waals surface area contributed by atoms with Gasteiger partial charge in [0.25, 0.3) is 0 Å². The summed E-state index contributed by atoms with van der Waals surface area (Å²) in [6, 6.07) is 6.32. The maximum atomic E-state index is 12.2. The van der Waals surface area contributed by atoms with Gasteiger partial charge in [0.15, 0.2) is 11.2 Å². The minimum absolute atomic E-state index is 0. The molecule has 0 bridgehead atoms. The second-order valence-corrected chi connectivity index (χ2v) is 3.30. The number of carbonyl (C=O) groups is 1. The highest BCUT2D eigenvalue weighted by molar-refractivity contribution is 5.98. The first-order valence-corrected chi connectivity index (χ1v) is 4.54. The molecule has 1 aromatic carbocycles. The number of alkyl halides is 3. The van der Waals surface area contributed by atoms with E-state index in [1.807, 2.05) is 0 Å². The third-order valence-electron chi connectivity index (χ3n) is 2.12. The first kappa shape index (κ1) is 13.9. The van der Waals surface area contributed by atoms with Crippen LogP contribution in [0.15, 0.2) is 39.5 Å². The highest BCUT2D eigenvalue weighted by atomic mass is 19.4. The number of para-hydroxylation sites is 1. The maximum absolute atomic E-state index is 12.2. The Balaban J connectivity index is 0.00000162. The van der Waals surface area contributed by atoms with Crippen LogP contribution in [0, 0.1) is 0 Å². The molecule has 96 valence electrons. The Labute approximate surface area is 97.9 Å². The Kier molecular flexibility index (Phi) is 3.57. The van der Waals surface area contributed by atoms with E-state index in [1.54, 1.807) is 6.07 Å². The second kappa shape index (κ2) is 4.61. The third kappa shape index (κ3) is 2.40. The maximum Gasteiger partial charge on any atom is 0.458 e. The van der Waals surface area contributed by atoms with E-state index in [-0.39, 0.29) is 16.4 Å². The lowest BCUT2D eigenvalue weighted by molar-refractivity contribution is -0.0899. The van der Waals surface area contributed by atoms with E-state index in [0.717, 1.165) is 0 Å². The van der Waals surface area contributed by atoms with Crippen molar-refractivity contribution in [2.45, 2.75) is 6.18 Å². The SMILES string of the molecule is O.O=C(c1cc(=O)c2ccccc2o1)C(F)(F)F. The van der Waals surface area contributed by atoms with Crippen molar-refractivity contribution in [1.29, 1.82) is 0 Å². The fourth-order valence-electron chi connectivity index (χ4n) is 1.36. The molecule has 0 atom stereocenters. The van der Waals surface area contributed by atoms with Gasteiger partial charge in [-0.15, -0.1) is 0 Å². The van der Waals surface area contributed by atoms with Crippen LogP contribution in [0.2, 0.25) is 0 Å². The molecule has 2 aromatic rings. The molecule has 0 saturated carbocycles. The van der Waals surface area contributed by atoms with Crippen LogP contribution in [-0.2, 0) is 0 Å². The number of halogens is 3. The van der Waals surface area contributed by atoms with Crippen molar-refractivity contribution in [3.63, 3.8) is 0 Å². The molecule has 0 spiro atoms. The number of benzene rings is 1. The van der Waals surface area contributed by atoms with Gasteiger partial charge in [-0.1, -0.05) is 12.1 Å². The molecule has 0 saturated heterocycles. The first-order chi connectivity index (χ1) is 7.89. The Morgan fingerprint density at radius 1 is 1.17 bits per heavy atom. The summed E-state index contributed by atoms with van der Waals surface area (Å²) in [5.74, 6) is -3.17. The molecule has 2 rings (SSSR count). The average molecular weight is 260 g/mol. The molecule has 0 aliphatic heterocycles. The standard InChI is InChI=1S/C11H5F3O3.H2O/c12-11(13,14)10(16)9-5-7(15)6-3-1-2-4-8(6)17-9;/h1-5H;1H2. The number of hydrogen-bond acceptors (Lipinski definition) is 3. The van der Waals surface area contributed by atoms with E-state index >= 15 is 0 Å². The summed E-state index contributed by atoms with van der Waals surface area (Å²) in [7, 11) is 0. The van der Waals surface area contributed by atoms with Crippen LogP contribution >= 0.6 is 0 Å². The van der Waals surface area contributed by atoms with Crippen molar-refractivity contribution >= 4 is 16.8 Å². The zero-order valence-corrected chi connectivity index (χ0v) is 8.75. The quantitative estimate of drug-likeness (QED) is 0.732. The summed E-state index contributed by atoms with van der Waals surface area (Å²) in [5.41, 5.74) is -0.730. The van der Waals surface area contributed by atoms with Crippen LogP contribution in [-0.4, -0.2) is 17.4 Å². The summed E-state index contributed by atoms with van der Waals surface area (Å²) in [6.07, 6.45) is -5.06. The first-order valence-electron chi connectivity index (χ1n) is 4.54. The van der Waals surface area contributed by atoms with Gasteiger partial charge in [-0.05, 0) is 12.1 Å². The molecule has 0 fully saturated rings. The van der Waals surface area contributed by atoms with Crippen molar-refractivity contribution in [2.24, 2.45) is 0 Å². The predicted octanol–water partition coefficient (Wildman–Crippen LogP) is 1.71. The minimum atomic E-state index is -5.06. The van der Waals surface area contributed by atoms with E-state index in [4.69, 9.17) is 4.42 Å². The van der Waals surface area contributed by atoms with Gasteiger partial charge in [0.1, 0.15) is 5.58 Å². The Hall–Kier alpha value is -2.15. The molecule has 1 heterocycles. The minimum Gasteiger partial charge on any atom is -0.452 e. The van der Waals surface area contributed by atoms with Gasteiger partial charge in [-0.25, -0.2) is 0 Å². The van der Waals surface area contributed by atoms with Crippen LogP contribution in [0.4, 0.5) is 13.2 Å². The van der Waals surface area contributed by atoms with Gasteiger partial charge in [-0.2, -0.15) is 13.2 Å². The zero-order chi connectivity index (χ0) is 12.6. The molecular formula is C11H7F3O4. The molecular weight excluding hydrogens is 253 g/mol. The molecule has 1 aromatic heterocycles. The Morgan fingerprint density at radius 3 is 2.39 bits per heavy atom. The normalized spacial score (nSPS) is 11.1. The van der Waals surface area contributed by atoms with Crippen LogP contribution in [0.25, 0.3) is 11.0 Å². The van der Waals surface area contributed by atoms with Gasteiger partial charge in [0, 0.05) is 6.07 Å². The highest BCUT2D eigenvalue weighted by Gasteiger charge is 2.41. The number of hydrogen-bond donors (Lipinski definition) is 0. The third-order valence-corrected chi connectivity index (χ3v) is 2.12. The number of Topliss-reactive ketones (excluding diaryl/α,β-unsaturated/α-hetero) is 1. The van der Waals surface area contributed by atoms with Gasteiger partial charge in [0.05, 0.1) is 5.39 Å². The van der Waals surface area contributed by atoms with E-state index in [9.17, 15) is 22.8 Å². The number of fused-ring (bicyclic) bond motifs is 1. The molecule has 0 aliphatic carbocycles. The Bertz CT molecular complexity index is 643. The topological polar surface area (TPSA) is 78.8 Å². The lowest BCUT2D eigenvalue weighted by Gasteiger charge is -2.04. The van der Waals surface area contributed by atoms with Gasteiger partial charge in [0.2, 0.25) is 0 Å². The molecule has 0 radical (unpaired) electrons. The van der Waals surface area contributed by atoms with E-state index in [1.165, 1.54) is 18.2 Å². The van der Waals surface area contributed by atoms with Crippen molar-refractivity contribution < 1.29 is 27.9 Å². The van der Waals surface area contributed by atoms with Crippen LogP contribution in [0.5, 0.6) is 0 Å². The van der Waals surface area contributed by atoms with Crippen molar-refractivity contribution in [2.75, 3.05) is 0 Å². The summed E-state index contributed by atoms with van der Waals surface area (Å²) in [5, 5.41) is 0.131. The molecule has 4 nitrogen and oxygen atoms in total. The number of ketones is 1. The van der Waals surface area contributed by atoms with Crippen molar-refractivity contribution in [3.05, 3.63) is 46.3 Å². The van der Waals surface area contributed by atoms with Gasteiger partial charge < -0.3 is 9.89 Å². The molecule has 0 aliphatic rings. The zero-order valence-electron chi connectivity index (χ0n) is 8.75. The molecule has 2 N–H and O–H groups in total. The fourth-order valence-corrected chi connectivity index (χ4v) is 1.36. The van der Waals surface area contributed by atoms with E-state index < -0.39 is 23.1 Å². The summed E-state index contributed by atoms with van der Waals surface area (Å²) < 4.78 is 41.2. The number of rotatable bonds is 1. The monoisotopic (exact) mass is 260 g/mol. The van der Waals surface area contributed by atoms with Crippen molar-refractivity contribution in [3.8, 4) is 0 Å². The van der Waals surface area contributed by atoms with Crippen LogP contribution in [0.3, 0.4) is 0 Å². The summed E-state index contributed by atoms with van der Waals surface area (Å²) in [6.45, 7) is 0. The highest BCUT2D eigenvalue weighted by Crippen LogP contribution is 2.22. The van der Waals surface area contributed by atoms with E-state index in [0.29, 0.717) is 6.07 Å². The van der Waals surface area contributed by atoms with Crippen LogP contribution in [0.1, 0.15) is 10.6 Å². The largest absolute Gasteiger partial charge is 0.458 e. The van der Waals surface area contributed by atoms with Gasteiger partial charge >= 0.3 is 12.0 Å². The molecule has 0 amide bonds. The van der Waals surface area contributed by atoms with Gasteiger partial charge in [-0.3, -0.25) is 9.59 Å². The average Bonchev–Trinajstić information content (AvgIpc) is 2.27.